The second-order valence-corrected chi connectivity index (χ2v) is 6.23. The molecule has 1 aliphatic heterocycles. The van der Waals surface area contributed by atoms with E-state index in [0.717, 1.165) is 28.4 Å². The molecule has 0 bridgehead atoms. The van der Waals surface area contributed by atoms with E-state index in [1.807, 2.05) is 33.8 Å². The fourth-order valence-corrected chi connectivity index (χ4v) is 2.47. The Labute approximate surface area is 118 Å². The van der Waals surface area contributed by atoms with Gasteiger partial charge in [-0.1, -0.05) is 11.6 Å². The second kappa shape index (κ2) is 5.00. The van der Waals surface area contributed by atoms with Gasteiger partial charge >= 0.3 is 6.09 Å². The van der Waals surface area contributed by atoms with Gasteiger partial charge in [0.1, 0.15) is 5.60 Å². The van der Waals surface area contributed by atoms with Crippen molar-refractivity contribution >= 4 is 17.7 Å². The molecule has 0 N–H and O–H groups in total. The highest BCUT2D eigenvalue weighted by molar-refractivity contribution is 6.31. The van der Waals surface area contributed by atoms with Crippen LogP contribution in [0.4, 0.5) is 4.79 Å². The maximum absolute atomic E-state index is 12.0. The van der Waals surface area contributed by atoms with Crippen molar-refractivity contribution < 1.29 is 9.53 Å². The van der Waals surface area contributed by atoms with Gasteiger partial charge in [-0.3, -0.25) is 4.98 Å². The Hall–Kier alpha value is -1.29. The van der Waals surface area contributed by atoms with Gasteiger partial charge in [-0.05, 0) is 45.7 Å². The molecule has 0 aromatic carbocycles. The first-order valence-corrected chi connectivity index (χ1v) is 6.77. The molecule has 2 heterocycles. The predicted molar refractivity (Wildman–Crippen MR) is 74.3 cm³/mol. The number of hydrogen-bond acceptors (Lipinski definition) is 3. The van der Waals surface area contributed by atoms with Crippen molar-refractivity contribution in [3.8, 4) is 0 Å². The SMILES string of the molecule is Cc1cc(Cl)c2c(n1)CN(C(=O)OC(C)(C)C)CC2. The molecule has 0 atom stereocenters. The number of amides is 1. The summed E-state index contributed by atoms with van der Waals surface area (Å²) in [6.07, 6.45) is 0.429. The Morgan fingerprint density at radius 2 is 2.16 bits per heavy atom. The molecular formula is C14H19ClN2O2. The van der Waals surface area contributed by atoms with Crippen molar-refractivity contribution in [3.63, 3.8) is 0 Å². The quantitative estimate of drug-likeness (QED) is 0.733. The zero-order valence-corrected chi connectivity index (χ0v) is 12.5. The third kappa shape index (κ3) is 3.38. The Bertz CT molecular complexity index is 509. The molecule has 0 saturated carbocycles. The van der Waals surface area contributed by atoms with Crippen molar-refractivity contribution in [1.29, 1.82) is 0 Å². The van der Waals surface area contributed by atoms with Crippen LogP contribution in [0.5, 0.6) is 0 Å². The van der Waals surface area contributed by atoms with Crippen LogP contribution in [0.2, 0.25) is 5.02 Å². The zero-order chi connectivity index (χ0) is 14.2. The molecule has 19 heavy (non-hydrogen) atoms. The van der Waals surface area contributed by atoms with Crippen LogP contribution in [0.1, 0.15) is 37.7 Å². The molecule has 1 aromatic rings. The van der Waals surface area contributed by atoms with Gasteiger partial charge in [0.25, 0.3) is 0 Å². The Morgan fingerprint density at radius 3 is 2.79 bits per heavy atom. The number of halogens is 1. The lowest BCUT2D eigenvalue weighted by Gasteiger charge is -2.31. The molecule has 1 amide bonds. The highest BCUT2D eigenvalue weighted by Gasteiger charge is 2.27. The van der Waals surface area contributed by atoms with Crippen molar-refractivity contribution in [2.24, 2.45) is 0 Å². The van der Waals surface area contributed by atoms with Gasteiger partial charge in [-0.2, -0.15) is 0 Å². The maximum atomic E-state index is 12.0. The number of rotatable bonds is 0. The second-order valence-electron chi connectivity index (χ2n) is 5.82. The molecule has 2 rings (SSSR count). The van der Waals surface area contributed by atoms with E-state index in [1.54, 1.807) is 4.90 Å². The van der Waals surface area contributed by atoms with Crippen LogP contribution >= 0.6 is 11.6 Å². The molecule has 0 fully saturated rings. The Balaban J connectivity index is 2.16. The fourth-order valence-electron chi connectivity index (χ4n) is 2.10. The predicted octanol–water partition coefficient (Wildman–Crippen LogP) is 3.34. The lowest BCUT2D eigenvalue weighted by Crippen LogP contribution is -2.40. The average Bonchev–Trinajstić information content (AvgIpc) is 2.25. The van der Waals surface area contributed by atoms with E-state index in [1.165, 1.54) is 0 Å². The first-order chi connectivity index (χ1) is 8.76. The Kier molecular flexibility index (Phi) is 3.72. The molecule has 0 unspecified atom stereocenters. The van der Waals surface area contributed by atoms with E-state index in [0.29, 0.717) is 13.1 Å². The van der Waals surface area contributed by atoms with E-state index in [-0.39, 0.29) is 6.09 Å². The molecule has 104 valence electrons. The molecule has 0 spiro atoms. The number of aryl methyl sites for hydroxylation is 1. The smallest absolute Gasteiger partial charge is 0.410 e. The number of aromatic nitrogens is 1. The molecule has 1 aliphatic rings. The van der Waals surface area contributed by atoms with Crippen molar-refractivity contribution in [2.75, 3.05) is 6.54 Å². The lowest BCUT2D eigenvalue weighted by atomic mass is 10.0. The summed E-state index contributed by atoms with van der Waals surface area (Å²) in [4.78, 5) is 18.2. The van der Waals surface area contributed by atoms with Crippen LogP contribution < -0.4 is 0 Å². The molecule has 0 radical (unpaired) electrons. The highest BCUT2D eigenvalue weighted by Crippen LogP contribution is 2.26. The van der Waals surface area contributed by atoms with Gasteiger partial charge < -0.3 is 9.64 Å². The summed E-state index contributed by atoms with van der Waals surface area (Å²) in [5.74, 6) is 0. The van der Waals surface area contributed by atoms with Gasteiger partial charge in [-0.15, -0.1) is 0 Å². The standard InChI is InChI=1S/C14H19ClN2O2/c1-9-7-11(15)10-5-6-17(8-12(10)16-9)13(18)19-14(2,3)4/h7H,5-6,8H2,1-4H3. The fraction of sp³-hybridized carbons (Fsp3) is 0.571. The third-order valence-corrected chi connectivity index (χ3v) is 3.24. The van der Waals surface area contributed by atoms with Crippen LogP contribution in [0.25, 0.3) is 0 Å². The number of carbonyl (C=O) groups is 1. The normalized spacial score (nSPS) is 15.1. The molecule has 0 aliphatic carbocycles. The monoisotopic (exact) mass is 282 g/mol. The summed E-state index contributed by atoms with van der Waals surface area (Å²) in [7, 11) is 0. The molecular weight excluding hydrogens is 264 g/mol. The minimum Gasteiger partial charge on any atom is -0.444 e. The van der Waals surface area contributed by atoms with Gasteiger partial charge in [0, 0.05) is 17.3 Å². The Morgan fingerprint density at radius 1 is 1.47 bits per heavy atom. The third-order valence-electron chi connectivity index (χ3n) is 2.91. The van der Waals surface area contributed by atoms with E-state index in [4.69, 9.17) is 16.3 Å². The lowest BCUT2D eigenvalue weighted by molar-refractivity contribution is 0.0221. The van der Waals surface area contributed by atoms with E-state index < -0.39 is 5.60 Å². The first kappa shape index (κ1) is 14.1. The summed E-state index contributed by atoms with van der Waals surface area (Å²) in [5, 5.41) is 0.742. The molecule has 4 nitrogen and oxygen atoms in total. The van der Waals surface area contributed by atoms with Gasteiger partial charge in [0.2, 0.25) is 0 Å². The van der Waals surface area contributed by atoms with Crippen LogP contribution in [-0.4, -0.2) is 28.1 Å². The van der Waals surface area contributed by atoms with E-state index in [2.05, 4.69) is 4.98 Å². The van der Waals surface area contributed by atoms with Crippen molar-refractivity contribution in [1.82, 2.24) is 9.88 Å². The van der Waals surface area contributed by atoms with Gasteiger partial charge in [0.15, 0.2) is 0 Å². The summed E-state index contributed by atoms with van der Waals surface area (Å²) >= 11 is 6.21. The first-order valence-electron chi connectivity index (χ1n) is 6.39. The van der Waals surface area contributed by atoms with Crippen LogP contribution in [0, 0.1) is 6.92 Å². The average molecular weight is 283 g/mol. The summed E-state index contributed by atoms with van der Waals surface area (Å²) < 4.78 is 5.38. The summed E-state index contributed by atoms with van der Waals surface area (Å²) in [6, 6.07) is 1.86. The number of pyridine rings is 1. The minimum atomic E-state index is -0.477. The van der Waals surface area contributed by atoms with Gasteiger partial charge in [0.05, 0.1) is 12.2 Å². The molecule has 5 heteroatoms. The number of fused-ring (bicyclic) bond motifs is 1. The van der Waals surface area contributed by atoms with Crippen LogP contribution in [0.3, 0.4) is 0 Å². The minimum absolute atomic E-state index is 0.294. The topological polar surface area (TPSA) is 42.4 Å². The number of nitrogens with zero attached hydrogens (tertiary/aromatic N) is 2. The number of ether oxygens (including phenoxy) is 1. The largest absolute Gasteiger partial charge is 0.444 e. The number of carbonyl (C=O) groups excluding carboxylic acids is 1. The highest BCUT2D eigenvalue weighted by atomic mass is 35.5. The summed E-state index contributed by atoms with van der Waals surface area (Å²) in [6.45, 7) is 8.57. The zero-order valence-electron chi connectivity index (χ0n) is 11.8. The van der Waals surface area contributed by atoms with Gasteiger partial charge in [-0.25, -0.2) is 4.79 Å². The number of hydrogen-bond donors (Lipinski definition) is 0. The maximum Gasteiger partial charge on any atom is 0.410 e. The van der Waals surface area contributed by atoms with Crippen LogP contribution in [-0.2, 0) is 17.7 Å². The van der Waals surface area contributed by atoms with Crippen molar-refractivity contribution in [2.45, 2.75) is 46.3 Å². The molecule has 0 saturated heterocycles. The summed E-state index contributed by atoms with van der Waals surface area (Å²) in [5.41, 5.74) is 2.32. The van der Waals surface area contributed by atoms with Crippen molar-refractivity contribution in [3.05, 3.63) is 28.0 Å². The van der Waals surface area contributed by atoms with E-state index in [9.17, 15) is 4.79 Å². The molecule has 1 aromatic heterocycles. The van der Waals surface area contributed by atoms with Crippen LogP contribution in [0.15, 0.2) is 6.07 Å². The van der Waals surface area contributed by atoms with E-state index >= 15 is 0 Å².